The summed E-state index contributed by atoms with van der Waals surface area (Å²) >= 11 is 0. The predicted octanol–water partition coefficient (Wildman–Crippen LogP) is 4.99. The molecule has 56 heavy (non-hydrogen) atoms. The number of hydrogen-bond acceptors (Lipinski definition) is 11. The van der Waals surface area contributed by atoms with Crippen molar-refractivity contribution >= 4 is 58.9 Å². The second-order valence-corrected chi connectivity index (χ2v) is 14.5. The predicted molar refractivity (Wildman–Crippen MR) is 208 cm³/mol. The lowest BCUT2D eigenvalue weighted by Crippen LogP contribution is -2.41. The third kappa shape index (κ3) is 10.7. The van der Waals surface area contributed by atoms with Crippen molar-refractivity contribution in [2.75, 3.05) is 78.8 Å². The van der Waals surface area contributed by atoms with E-state index in [9.17, 15) is 24.0 Å². The average Bonchev–Trinajstić information content (AvgIpc) is 3.75. The fraction of sp³-hybridized carbons (Fsp3) is 0.415. The summed E-state index contributed by atoms with van der Waals surface area (Å²) < 4.78 is 26.4. The molecule has 4 aliphatic rings. The van der Waals surface area contributed by atoms with Crippen molar-refractivity contribution in [2.45, 2.75) is 51.4 Å². The molecule has 15 nitrogen and oxygen atoms in total. The molecule has 7 rings (SSSR count). The third-order valence-electron chi connectivity index (χ3n) is 9.11. The number of carbonyl (C=O) groups is 5. The molecule has 4 amide bonds. The molecule has 0 radical (unpaired) electrons. The first-order valence-electron chi connectivity index (χ1n) is 18.6. The minimum atomic E-state index is -0.529. The van der Waals surface area contributed by atoms with Crippen LogP contribution >= 0.6 is 0 Å². The van der Waals surface area contributed by atoms with Gasteiger partial charge in [-0.3, -0.25) is 29.2 Å². The van der Waals surface area contributed by atoms with Crippen LogP contribution in [0.25, 0.3) is 0 Å². The lowest BCUT2D eigenvalue weighted by Gasteiger charge is -2.27. The van der Waals surface area contributed by atoms with Crippen LogP contribution in [0.5, 0.6) is 0 Å². The van der Waals surface area contributed by atoms with Gasteiger partial charge in [-0.2, -0.15) is 0 Å². The van der Waals surface area contributed by atoms with Gasteiger partial charge in [0.25, 0.3) is 11.8 Å². The summed E-state index contributed by atoms with van der Waals surface area (Å²) in [7, 11) is 0. The lowest BCUT2D eigenvalue weighted by molar-refractivity contribution is -0.155. The van der Waals surface area contributed by atoms with Crippen molar-refractivity contribution in [3.8, 4) is 0 Å². The van der Waals surface area contributed by atoms with Gasteiger partial charge in [-0.1, -0.05) is 30.3 Å². The van der Waals surface area contributed by atoms with E-state index in [0.717, 1.165) is 22.6 Å². The minimum absolute atomic E-state index is 0.0593. The number of anilines is 4. The molecule has 4 aliphatic heterocycles. The van der Waals surface area contributed by atoms with Crippen LogP contribution in [0.15, 0.2) is 83.9 Å². The van der Waals surface area contributed by atoms with Gasteiger partial charge in [0.1, 0.15) is 31.0 Å². The Morgan fingerprint density at radius 1 is 0.696 bits per heavy atom. The molecule has 0 spiro atoms. The molecule has 4 fully saturated rings. The molecular weight excluding hydrogens is 722 g/mol. The molecule has 2 atom stereocenters. The van der Waals surface area contributed by atoms with E-state index in [2.05, 4.69) is 4.99 Å². The topological polar surface area (TPSA) is 157 Å². The van der Waals surface area contributed by atoms with Gasteiger partial charge in [0.15, 0.2) is 0 Å². The van der Waals surface area contributed by atoms with Gasteiger partial charge in [-0.05, 0) is 81.3 Å². The zero-order chi connectivity index (χ0) is 39.7. The van der Waals surface area contributed by atoms with Crippen LogP contribution in [-0.2, 0) is 38.1 Å². The SMILES string of the molecule is CC(C)(C)OC(=O)CC[C@H]1CN(c2ccc(N3CCOCC3=O)cc2)C(=O)O1.O=C1COCCN1c1ccc(N2C[C@H](CN=Cc3ccccc3)OC2=O)cc1. The Hall–Kier alpha value is -5.80. The summed E-state index contributed by atoms with van der Waals surface area (Å²) in [4.78, 5) is 71.0. The van der Waals surface area contributed by atoms with E-state index in [4.69, 9.17) is 23.7 Å². The van der Waals surface area contributed by atoms with Crippen LogP contribution in [-0.4, -0.2) is 113 Å². The summed E-state index contributed by atoms with van der Waals surface area (Å²) in [6, 6.07) is 24.3. The average molecular weight is 770 g/mol. The highest BCUT2D eigenvalue weighted by molar-refractivity contribution is 5.97. The smallest absolute Gasteiger partial charge is 0.414 e. The lowest BCUT2D eigenvalue weighted by atomic mass is 10.1. The Morgan fingerprint density at radius 3 is 1.64 bits per heavy atom. The molecule has 296 valence electrons. The van der Waals surface area contributed by atoms with E-state index in [1.165, 1.54) is 4.90 Å². The highest BCUT2D eigenvalue weighted by Crippen LogP contribution is 2.28. The van der Waals surface area contributed by atoms with Crippen molar-refractivity contribution in [3.05, 3.63) is 84.4 Å². The first kappa shape index (κ1) is 39.9. The number of esters is 1. The van der Waals surface area contributed by atoms with E-state index in [1.807, 2.05) is 75.4 Å². The van der Waals surface area contributed by atoms with E-state index in [-0.39, 0.29) is 55.7 Å². The van der Waals surface area contributed by atoms with Gasteiger partial charge in [0.05, 0.1) is 32.8 Å². The monoisotopic (exact) mass is 769 g/mol. The largest absolute Gasteiger partial charge is 0.460 e. The molecule has 4 saturated heterocycles. The number of cyclic esters (lactones) is 2. The normalized spacial score (nSPS) is 20.2. The number of hydrogen-bond donors (Lipinski definition) is 0. The Balaban J connectivity index is 0.000000190. The Morgan fingerprint density at radius 2 is 1.16 bits per heavy atom. The molecule has 0 N–H and O–H groups in total. The van der Waals surface area contributed by atoms with E-state index in [0.29, 0.717) is 58.0 Å². The highest BCUT2D eigenvalue weighted by atomic mass is 16.6. The molecule has 3 aromatic carbocycles. The molecular formula is C41H47N5O10. The zero-order valence-electron chi connectivity index (χ0n) is 31.8. The number of aliphatic imine (C=N–C) groups is 1. The van der Waals surface area contributed by atoms with Crippen molar-refractivity contribution in [1.29, 1.82) is 0 Å². The number of benzene rings is 3. The summed E-state index contributed by atoms with van der Waals surface area (Å²) in [6.07, 6.45) is 0.927. The molecule has 4 heterocycles. The number of rotatable bonds is 10. The maximum atomic E-state index is 12.2. The summed E-state index contributed by atoms with van der Waals surface area (Å²) in [5, 5.41) is 0. The van der Waals surface area contributed by atoms with Crippen molar-refractivity contribution in [1.82, 2.24) is 0 Å². The molecule has 0 unspecified atom stereocenters. The van der Waals surface area contributed by atoms with Crippen LogP contribution in [0, 0.1) is 0 Å². The Bertz CT molecular complexity index is 1880. The molecule has 15 heteroatoms. The number of ether oxygens (including phenoxy) is 5. The van der Waals surface area contributed by atoms with E-state index in [1.54, 1.807) is 45.2 Å². The quantitative estimate of drug-likeness (QED) is 0.156. The number of carbonyl (C=O) groups excluding carboxylic acids is 5. The summed E-state index contributed by atoms with van der Waals surface area (Å²) in [5.41, 5.74) is 3.48. The first-order valence-corrected chi connectivity index (χ1v) is 18.6. The van der Waals surface area contributed by atoms with Crippen LogP contribution in [0.1, 0.15) is 39.2 Å². The zero-order valence-corrected chi connectivity index (χ0v) is 31.8. The third-order valence-corrected chi connectivity index (χ3v) is 9.11. The van der Waals surface area contributed by atoms with Crippen LogP contribution in [0.4, 0.5) is 32.3 Å². The number of amides is 4. The second-order valence-electron chi connectivity index (χ2n) is 14.5. The van der Waals surface area contributed by atoms with Crippen molar-refractivity contribution in [2.24, 2.45) is 4.99 Å². The number of morpholine rings is 2. The fourth-order valence-corrected chi connectivity index (χ4v) is 6.40. The number of nitrogens with zero attached hydrogens (tertiary/aromatic N) is 5. The summed E-state index contributed by atoms with van der Waals surface area (Å²) in [6.45, 7) is 8.94. The van der Waals surface area contributed by atoms with Crippen molar-refractivity contribution in [3.63, 3.8) is 0 Å². The van der Waals surface area contributed by atoms with Crippen LogP contribution < -0.4 is 19.6 Å². The van der Waals surface area contributed by atoms with E-state index < -0.39 is 11.7 Å². The standard InChI is InChI=1S/C21H21N3O4.C20H26N2O6/c25-20-15-27-11-10-23(20)17-6-8-18(9-7-17)24-14-19(28-21(24)26)13-22-12-16-4-2-1-3-5-16;1-20(2,3)28-18(24)9-8-16-12-22(19(25)27-16)15-6-4-14(5-7-15)21-10-11-26-13-17(21)23/h1-9,12,19H,10-11,13-15H2;4-7,16H,8-13H2,1-3H3/t19-;16-/m00/s1. The van der Waals surface area contributed by atoms with Gasteiger partial charge in [-0.25, -0.2) is 9.59 Å². The maximum Gasteiger partial charge on any atom is 0.414 e. The van der Waals surface area contributed by atoms with Crippen LogP contribution in [0.2, 0.25) is 0 Å². The molecule has 0 bridgehead atoms. The molecule has 0 saturated carbocycles. The Labute approximate surface area is 325 Å². The first-order chi connectivity index (χ1) is 26.9. The van der Waals surface area contributed by atoms with Gasteiger partial charge in [-0.15, -0.1) is 0 Å². The van der Waals surface area contributed by atoms with Crippen LogP contribution in [0.3, 0.4) is 0 Å². The molecule has 0 aromatic heterocycles. The fourth-order valence-electron chi connectivity index (χ4n) is 6.40. The van der Waals surface area contributed by atoms with Gasteiger partial charge < -0.3 is 33.5 Å². The van der Waals surface area contributed by atoms with Gasteiger partial charge in [0, 0.05) is 48.5 Å². The van der Waals surface area contributed by atoms with E-state index >= 15 is 0 Å². The maximum absolute atomic E-state index is 12.2. The van der Waals surface area contributed by atoms with Gasteiger partial charge >= 0.3 is 18.2 Å². The second kappa shape index (κ2) is 18.2. The molecule has 3 aromatic rings. The molecule has 0 aliphatic carbocycles. The van der Waals surface area contributed by atoms with Crippen molar-refractivity contribution < 1.29 is 47.7 Å². The highest BCUT2D eigenvalue weighted by Gasteiger charge is 2.34. The minimum Gasteiger partial charge on any atom is -0.460 e. The van der Waals surface area contributed by atoms with Gasteiger partial charge in [0.2, 0.25) is 0 Å². The summed E-state index contributed by atoms with van der Waals surface area (Å²) in [5.74, 6) is -0.445. The Kier molecular flexibility index (Phi) is 13.0.